The summed E-state index contributed by atoms with van der Waals surface area (Å²) in [5.41, 5.74) is 4.09. The fourth-order valence-electron chi connectivity index (χ4n) is 2.93. The number of carboxylic acid groups (broad SMARTS) is 1. The molecule has 0 aliphatic rings. The van der Waals surface area contributed by atoms with E-state index >= 15 is 0 Å². The van der Waals surface area contributed by atoms with E-state index in [0.29, 0.717) is 17.4 Å². The van der Waals surface area contributed by atoms with Crippen LogP contribution in [0.3, 0.4) is 0 Å². The van der Waals surface area contributed by atoms with Crippen molar-refractivity contribution in [3.05, 3.63) is 88.4 Å². The van der Waals surface area contributed by atoms with Gasteiger partial charge in [0.25, 0.3) is 0 Å². The minimum atomic E-state index is -1.03. The van der Waals surface area contributed by atoms with E-state index < -0.39 is 5.97 Å². The second-order valence-electron chi connectivity index (χ2n) is 7.76. The highest BCUT2D eigenvalue weighted by atomic mass is 35.5. The molecule has 0 radical (unpaired) electrons. The number of ether oxygens (including phenoxy) is 1. The first kappa shape index (κ1) is 20.0. The summed E-state index contributed by atoms with van der Waals surface area (Å²) in [6.45, 7) is 6.80. The quantitative estimate of drug-likeness (QED) is 0.531. The van der Waals surface area contributed by atoms with Crippen molar-refractivity contribution < 1.29 is 14.6 Å². The first-order chi connectivity index (χ1) is 13.2. The van der Waals surface area contributed by atoms with E-state index in [0.717, 1.165) is 16.7 Å². The fourth-order valence-corrected chi connectivity index (χ4v) is 3.12. The van der Waals surface area contributed by atoms with Gasteiger partial charge in [-0.05, 0) is 51.9 Å². The highest BCUT2D eigenvalue weighted by molar-refractivity contribution is 6.30. The molecule has 0 aliphatic heterocycles. The van der Waals surface area contributed by atoms with E-state index in [1.165, 1.54) is 5.56 Å². The summed E-state index contributed by atoms with van der Waals surface area (Å²) >= 11 is 6.04. The average Bonchev–Trinajstić information content (AvgIpc) is 2.66. The minimum Gasteiger partial charge on any atom is -0.488 e. The molecule has 3 nitrogen and oxygen atoms in total. The van der Waals surface area contributed by atoms with Crippen molar-refractivity contribution in [2.24, 2.45) is 0 Å². The van der Waals surface area contributed by atoms with Gasteiger partial charge in [-0.15, -0.1) is 0 Å². The highest BCUT2D eigenvalue weighted by Crippen LogP contribution is 2.29. The van der Waals surface area contributed by atoms with Crippen molar-refractivity contribution in [2.45, 2.75) is 32.8 Å². The summed E-state index contributed by atoms with van der Waals surface area (Å²) in [6, 6.07) is 20.7. The van der Waals surface area contributed by atoms with Gasteiger partial charge >= 0.3 is 5.97 Å². The van der Waals surface area contributed by atoms with Crippen LogP contribution in [0, 0.1) is 0 Å². The Balaban J connectivity index is 1.81. The van der Waals surface area contributed by atoms with Crippen LogP contribution in [0.15, 0.2) is 66.7 Å². The molecule has 0 aromatic heterocycles. The maximum absolute atomic E-state index is 11.7. The minimum absolute atomic E-state index is 0.0893. The standard InChI is InChI=1S/C24H23ClO3/c1-24(2,3)19-10-7-16(8-11-19)15-28-22-12-9-18(14-21(22)23(26)27)17-5-4-6-20(25)13-17/h4-14H,15H2,1-3H3,(H,26,27). The second-order valence-corrected chi connectivity index (χ2v) is 8.20. The Bertz CT molecular complexity index is 985. The summed E-state index contributed by atoms with van der Waals surface area (Å²) in [7, 11) is 0. The number of hydrogen-bond acceptors (Lipinski definition) is 2. The Morgan fingerprint density at radius 1 is 0.964 bits per heavy atom. The zero-order chi connectivity index (χ0) is 20.3. The van der Waals surface area contributed by atoms with Crippen LogP contribution in [0.5, 0.6) is 5.75 Å². The van der Waals surface area contributed by atoms with Gasteiger partial charge in [0, 0.05) is 5.02 Å². The molecule has 3 aromatic rings. The van der Waals surface area contributed by atoms with Gasteiger partial charge in [-0.1, -0.05) is 74.8 Å². The van der Waals surface area contributed by atoms with Gasteiger partial charge in [0.05, 0.1) is 0 Å². The number of benzene rings is 3. The first-order valence-electron chi connectivity index (χ1n) is 9.09. The zero-order valence-electron chi connectivity index (χ0n) is 16.2. The van der Waals surface area contributed by atoms with Gasteiger partial charge < -0.3 is 9.84 Å². The summed E-state index contributed by atoms with van der Waals surface area (Å²) < 4.78 is 5.82. The molecular formula is C24H23ClO3. The average molecular weight is 395 g/mol. The Labute approximate surface area is 170 Å². The molecule has 0 saturated carbocycles. The van der Waals surface area contributed by atoms with Crippen molar-refractivity contribution in [2.75, 3.05) is 0 Å². The topological polar surface area (TPSA) is 46.5 Å². The van der Waals surface area contributed by atoms with Crippen molar-refractivity contribution in [1.82, 2.24) is 0 Å². The lowest BCUT2D eigenvalue weighted by Crippen LogP contribution is -2.11. The molecule has 3 rings (SSSR count). The van der Waals surface area contributed by atoms with E-state index in [9.17, 15) is 9.90 Å². The van der Waals surface area contributed by atoms with E-state index in [4.69, 9.17) is 16.3 Å². The Morgan fingerprint density at radius 2 is 1.64 bits per heavy atom. The lowest BCUT2D eigenvalue weighted by Gasteiger charge is -2.19. The summed E-state index contributed by atoms with van der Waals surface area (Å²) in [6.07, 6.45) is 0. The zero-order valence-corrected chi connectivity index (χ0v) is 17.0. The summed E-state index contributed by atoms with van der Waals surface area (Å²) in [5.74, 6) is -0.680. The third-order valence-corrected chi connectivity index (χ3v) is 4.82. The van der Waals surface area contributed by atoms with Crippen molar-refractivity contribution >= 4 is 17.6 Å². The molecule has 4 heteroatoms. The van der Waals surface area contributed by atoms with Crippen LogP contribution in [-0.4, -0.2) is 11.1 Å². The Morgan fingerprint density at radius 3 is 2.25 bits per heavy atom. The van der Waals surface area contributed by atoms with E-state index in [1.54, 1.807) is 24.3 Å². The molecule has 0 unspecified atom stereocenters. The number of aromatic carboxylic acids is 1. The molecule has 28 heavy (non-hydrogen) atoms. The van der Waals surface area contributed by atoms with Gasteiger partial charge in [0.2, 0.25) is 0 Å². The molecule has 0 aliphatic carbocycles. The molecule has 0 spiro atoms. The van der Waals surface area contributed by atoms with E-state index in [2.05, 4.69) is 32.9 Å². The molecule has 144 valence electrons. The lowest BCUT2D eigenvalue weighted by molar-refractivity contribution is 0.0692. The van der Waals surface area contributed by atoms with Gasteiger partial charge in [-0.2, -0.15) is 0 Å². The monoisotopic (exact) mass is 394 g/mol. The predicted molar refractivity (Wildman–Crippen MR) is 113 cm³/mol. The number of rotatable bonds is 5. The Hall–Kier alpha value is -2.78. The number of hydrogen-bond donors (Lipinski definition) is 1. The number of carbonyl (C=O) groups is 1. The normalized spacial score (nSPS) is 11.3. The molecule has 0 atom stereocenters. The number of halogens is 1. The Kier molecular flexibility index (Phi) is 5.76. The molecule has 0 fully saturated rings. The van der Waals surface area contributed by atoms with Crippen LogP contribution < -0.4 is 4.74 Å². The lowest BCUT2D eigenvalue weighted by atomic mass is 9.87. The first-order valence-corrected chi connectivity index (χ1v) is 9.47. The fraction of sp³-hybridized carbons (Fsp3) is 0.208. The smallest absolute Gasteiger partial charge is 0.339 e. The molecule has 3 aromatic carbocycles. The third-order valence-electron chi connectivity index (χ3n) is 4.58. The summed E-state index contributed by atoms with van der Waals surface area (Å²) in [4.78, 5) is 11.7. The SMILES string of the molecule is CC(C)(C)c1ccc(COc2ccc(-c3cccc(Cl)c3)cc2C(=O)O)cc1. The van der Waals surface area contributed by atoms with Gasteiger partial charge in [-0.3, -0.25) is 0 Å². The predicted octanol–water partition coefficient (Wildman–Crippen LogP) is 6.58. The molecule has 0 bridgehead atoms. The van der Waals surface area contributed by atoms with Crippen LogP contribution in [0.4, 0.5) is 0 Å². The van der Waals surface area contributed by atoms with Crippen LogP contribution in [0.2, 0.25) is 5.02 Å². The van der Waals surface area contributed by atoms with Gasteiger partial charge in [0.15, 0.2) is 0 Å². The van der Waals surface area contributed by atoms with Crippen LogP contribution in [0.25, 0.3) is 11.1 Å². The molecule has 0 heterocycles. The third kappa shape index (κ3) is 4.73. The van der Waals surface area contributed by atoms with Crippen molar-refractivity contribution in [1.29, 1.82) is 0 Å². The van der Waals surface area contributed by atoms with Gasteiger partial charge in [0.1, 0.15) is 17.9 Å². The van der Waals surface area contributed by atoms with Crippen LogP contribution >= 0.6 is 11.6 Å². The second kappa shape index (κ2) is 8.07. The molecule has 1 N–H and O–H groups in total. The molecular weight excluding hydrogens is 372 g/mol. The van der Waals surface area contributed by atoms with Crippen LogP contribution in [-0.2, 0) is 12.0 Å². The summed E-state index contributed by atoms with van der Waals surface area (Å²) in [5, 5.41) is 10.2. The van der Waals surface area contributed by atoms with Gasteiger partial charge in [-0.25, -0.2) is 4.79 Å². The van der Waals surface area contributed by atoms with Crippen molar-refractivity contribution in [3.63, 3.8) is 0 Å². The number of carboxylic acids is 1. The molecule has 0 amide bonds. The maximum atomic E-state index is 11.7. The molecule has 0 saturated heterocycles. The van der Waals surface area contributed by atoms with Crippen molar-refractivity contribution in [3.8, 4) is 16.9 Å². The maximum Gasteiger partial charge on any atom is 0.339 e. The van der Waals surface area contributed by atoms with E-state index in [-0.39, 0.29) is 11.0 Å². The highest BCUT2D eigenvalue weighted by Gasteiger charge is 2.15. The largest absolute Gasteiger partial charge is 0.488 e. The van der Waals surface area contributed by atoms with Crippen LogP contribution in [0.1, 0.15) is 42.3 Å². The van der Waals surface area contributed by atoms with E-state index in [1.807, 2.05) is 30.3 Å².